The number of imidazole rings is 1. The first kappa shape index (κ1) is 19.4. The molecule has 2 aliphatic rings. The van der Waals surface area contributed by atoms with Crippen LogP contribution in [0.3, 0.4) is 0 Å². The van der Waals surface area contributed by atoms with Crippen molar-refractivity contribution >= 4 is 28.0 Å². The minimum Gasteiger partial charge on any atom is -0.345 e. The molecule has 1 aliphatic carbocycles. The van der Waals surface area contributed by atoms with Crippen LogP contribution in [0.25, 0.3) is 22.1 Å². The Morgan fingerprint density at radius 2 is 1.94 bits per heavy atom. The smallest absolute Gasteiger partial charge is 0.254 e. The van der Waals surface area contributed by atoms with Crippen molar-refractivity contribution in [3.63, 3.8) is 0 Å². The lowest BCUT2D eigenvalue weighted by Gasteiger charge is -2.60. The molecule has 3 heterocycles. The zero-order valence-electron chi connectivity index (χ0n) is 18.9. The summed E-state index contributed by atoms with van der Waals surface area (Å²) in [5.41, 5.74) is 7.87. The fraction of sp³-hybridized carbons (Fsp3) is 0.385. The Balaban J connectivity index is 1.45. The predicted molar refractivity (Wildman–Crippen MR) is 125 cm³/mol. The highest BCUT2D eigenvalue weighted by molar-refractivity contribution is 5.97. The molecule has 0 unspecified atom stereocenters. The molecule has 32 heavy (non-hydrogen) atoms. The number of nitrogens with zero attached hydrogens (tertiary/aromatic N) is 4. The first-order chi connectivity index (χ1) is 15.3. The average molecular weight is 426 g/mol. The maximum Gasteiger partial charge on any atom is 0.254 e. The van der Waals surface area contributed by atoms with Gasteiger partial charge in [-0.2, -0.15) is 0 Å². The molecular weight excluding hydrogens is 398 g/mol. The van der Waals surface area contributed by atoms with Crippen LogP contribution in [0.2, 0.25) is 0 Å². The zero-order chi connectivity index (χ0) is 22.3. The summed E-state index contributed by atoms with van der Waals surface area (Å²) < 4.78 is 0. The van der Waals surface area contributed by atoms with Crippen molar-refractivity contribution in [3.05, 3.63) is 65.2 Å². The minimum atomic E-state index is -0.0716. The van der Waals surface area contributed by atoms with E-state index in [2.05, 4.69) is 52.8 Å². The number of carbonyl (C=O) groups excluding carboxylic acids is 1. The van der Waals surface area contributed by atoms with Crippen LogP contribution in [0, 0.1) is 12.3 Å². The van der Waals surface area contributed by atoms with Crippen molar-refractivity contribution in [2.24, 2.45) is 5.41 Å². The van der Waals surface area contributed by atoms with E-state index in [-0.39, 0.29) is 22.8 Å². The number of hydrogen-bond acceptors (Lipinski definition) is 4. The number of likely N-dealkylation sites (tertiary alicyclic amines) is 1. The van der Waals surface area contributed by atoms with E-state index < -0.39 is 0 Å². The number of hydrogen-bond donors (Lipinski definition) is 1. The maximum atomic E-state index is 13.7. The number of aryl methyl sites for hydroxylation is 1. The van der Waals surface area contributed by atoms with Crippen LogP contribution < -0.4 is 0 Å². The summed E-state index contributed by atoms with van der Waals surface area (Å²) in [6.07, 6.45) is 5.26. The number of piperidine rings is 1. The molecule has 6 rings (SSSR count). The third kappa shape index (κ3) is 2.52. The highest BCUT2D eigenvalue weighted by atomic mass is 16.2. The van der Waals surface area contributed by atoms with Gasteiger partial charge in [-0.15, -0.1) is 0 Å². The normalized spacial score (nSPS) is 24.0. The zero-order valence-corrected chi connectivity index (χ0v) is 18.9. The molecule has 0 radical (unpaired) electrons. The van der Waals surface area contributed by atoms with E-state index in [4.69, 9.17) is 4.98 Å². The standard InChI is InChI=1S/C26H27N5O/c1-15-13-27-21-12-18-17(10-22(21)30-15)11-23-25(2,3)26(18,4)7-8-31(23)24(32)16-5-6-19-20(9-16)29-14-28-19/h5-6,9-10,12-14,23H,7-8,11H2,1-4H3,(H,28,29)/t23-,26+/m1/s1. The van der Waals surface area contributed by atoms with Crippen LogP contribution in [-0.2, 0) is 11.8 Å². The summed E-state index contributed by atoms with van der Waals surface area (Å²) in [7, 11) is 0. The number of fused-ring (bicyclic) bond motifs is 6. The molecule has 1 amide bonds. The first-order valence-electron chi connectivity index (χ1n) is 11.3. The van der Waals surface area contributed by atoms with Crippen LogP contribution >= 0.6 is 0 Å². The van der Waals surface area contributed by atoms with Gasteiger partial charge in [-0.3, -0.25) is 9.78 Å². The lowest BCUT2D eigenvalue weighted by Crippen LogP contribution is -2.64. The van der Waals surface area contributed by atoms with Crippen molar-refractivity contribution in [1.29, 1.82) is 0 Å². The second-order valence-corrected chi connectivity index (χ2v) is 10.2. The molecule has 0 spiro atoms. The van der Waals surface area contributed by atoms with E-state index in [1.54, 1.807) is 6.33 Å². The Bertz CT molecular complexity index is 1400. The van der Waals surface area contributed by atoms with Gasteiger partial charge in [-0.25, -0.2) is 9.97 Å². The number of H-pyrrole nitrogens is 1. The van der Waals surface area contributed by atoms with Crippen LogP contribution in [0.4, 0.5) is 0 Å². The number of aromatic nitrogens is 4. The highest BCUT2D eigenvalue weighted by Crippen LogP contribution is 2.56. The lowest BCUT2D eigenvalue weighted by atomic mass is 9.51. The van der Waals surface area contributed by atoms with E-state index in [1.807, 2.05) is 31.3 Å². The molecule has 1 saturated heterocycles. The van der Waals surface area contributed by atoms with Gasteiger partial charge in [-0.05, 0) is 66.6 Å². The fourth-order valence-corrected chi connectivity index (χ4v) is 5.99. The van der Waals surface area contributed by atoms with Gasteiger partial charge in [0.15, 0.2) is 0 Å². The second-order valence-electron chi connectivity index (χ2n) is 10.2. The van der Waals surface area contributed by atoms with E-state index in [9.17, 15) is 4.79 Å². The van der Waals surface area contributed by atoms with Crippen LogP contribution in [-0.4, -0.2) is 43.3 Å². The molecule has 1 fully saturated rings. The minimum absolute atomic E-state index is 0.0316. The first-order valence-corrected chi connectivity index (χ1v) is 11.3. The van der Waals surface area contributed by atoms with E-state index in [0.717, 1.165) is 47.1 Å². The number of rotatable bonds is 1. The molecule has 2 aromatic heterocycles. The third-order valence-corrected chi connectivity index (χ3v) is 8.31. The molecule has 2 atom stereocenters. The number of benzene rings is 2. The van der Waals surface area contributed by atoms with Crippen LogP contribution in [0.5, 0.6) is 0 Å². The number of nitrogens with one attached hydrogen (secondary N) is 1. The Kier molecular flexibility index (Phi) is 3.87. The van der Waals surface area contributed by atoms with Crippen molar-refractivity contribution in [3.8, 4) is 0 Å². The quantitative estimate of drug-likeness (QED) is 0.485. The van der Waals surface area contributed by atoms with E-state index in [1.165, 1.54) is 11.1 Å². The van der Waals surface area contributed by atoms with Crippen molar-refractivity contribution < 1.29 is 4.79 Å². The van der Waals surface area contributed by atoms with Gasteiger partial charge in [0.05, 0.1) is 34.1 Å². The number of carbonyl (C=O) groups is 1. The third-order valence-electron chi connectivity index (χ3n) is 8.31. The van der Waals surface area contributed by atoms with Crippen molar-refractivity contribution in [2.75, 3.05) is 6.54 Å². The van der Waals surface area contributed by atoms with Gasteiger partial charge in [0.2, 0.25) is 0 Å². The van der Waals surface area contributed by atoms with Gasteiger partial charge in [0.25, 0.3) is 5.91 Å². The summed E-state index contributed by atoms with van der Waals surface area (Å²) in [5.74, 6) is 0.0986. The van der Waals surface area contributed by atoms with E-state index in [0.29, 0.717) is 5.56 Å². The second kappa shape index (κ2) is 6.37. The number of amides is 1. The predicted octanol–water partition coefficient (Wildman–Crippen LogP) is 4.57. The molecule has 1 aliphatic heterocycles. The molecule has 1 N–H and O–H groups in total. The Morgan fingerprint density at radius 3 is 2.78 bits per heavy atom. The summed E-state index contributed by atoms with van der Waals surface area (Å²) >= 11 is 0. The highest BCUT2D eigenvalue weighted by Gasteiger charge is 2.57. The maximum absolute atomic E-state index is 13.7. The average Bonchev–Trinajstić information content (AvgIpc) is 3.23. The summed E-state index contributed by atoms with van der Waals surface area (Å²) in [4.78, 5) is 32.6. The Morgan fingerprint density at radius 1 is 1.09 bits per heavy atom. The Labute approximate surface area is 187 Å². The van der Waals surface area contributed by atoms with Crippen LogP contribution in [0.15, 0.2) is 42.9 Å². The fourth-order valence-electron chi connectivity index (χ4n) is 5.99. The SMILES string of the molecule is Cc1cnc2cc3c(cc2n1)C[C@H]1N(C(=O)c2ccc4nc[nH]c4c2)CC[C@]3(C)C1(C)C. The van der Waals surface area contributed by atoms with Crippen LogP contribution in [0.1, 0.15) is 54.4 Å². The van der Waals surface area contributed by atoms with E-state index >= 15 is 0 Å². The summed E-state index contributed by atoms with van der Waals surface area (Å²) in [6.45, 7) is 9.74. The van der Waals surface area contributed by atoms with Crippen molar-refractivity contribution in [2.45, 2.75) is 52.0 Å². The van der Waals surface area contributed by atoms with Gasteiger partial charge >= 0.3 is 0 Å². The largest absolute Gasteiger partial charge is 0.345 e. The van der Waals surface area contributed by atoms with Crippen molar-refractivity contribution in [1.82, 2.24) is 24.8 Å². The summed E-state index contributed by atoms with van der Waals surface area (Å²) in [5, 5.41) is 0. The monoisotopic (exact) mass is 425 g/mol. The lowest BCUT2D eigenvalue weighted by molar-refractivity contribution is -0.0261. The van der Waals surface area contributed by atoms with Gasteiger partial charge in [0.1, 0.15) is 0 Å². The molecule has 2 bridgehead atoms. The molecule has 2 aromatic carbocycles. The molecular formula is C26H27N5O. The topological polar surface area (TPSA) is 74.8 Å². The molecule has 6 nitrogen and oxygen atoms in total. The summed E-state index contributed by atoms with van der Waals surface area (Å²) in [6, 6.07) is 10.3. The molecule has 6 heteroatoms. The Hall–Kier alpha value is -3.28. The molecule has 4 aromatic rings. The molecule has 162 valence electrons. The van der Waals surface area contributed by atoms with Gasteiger partial charge in [0, 0.05) is 29.8 Å². The number of aromatic amines is 1. The molecule has 0 saturated carbocycles. The van der Waals surface area contributed by atoms with Gasteiger partial charge in [-0.1, -0.05) is 20.8 Å². The van der Waals surface area contributed by atoms with Gasteiger partial charge < -0.3 is 9.88 Å².